The molecule has 7 heteroatoms. The summed E-state index contributed by atoms with van der Waals surface area (Å²) in [4.78, 5) is 18.0. The summed E-state index contributed by atoms with van der Waals surface area (Å²) < 4.78 is 42.4. The summed E-state index contributed by atoms with van der Waals surface area (Å²) >= 11 is 6.01. The van der Waals surface area contributed by atoms with Gasteiger partial charge in [-0.2, -0.15) is 0 Å². The standard InChI is InChI=1S/C24H24ClF3N2O/c1-3-4-5-17-12-19-18-10-16(27)11-20(28)22(18)29-23(19)24(2,30(17)21(31)13-25)14-6-8-15(26)9-7-14/h6-11,17,29H,3-5,12-13H2,1-2H3. The Morgan fingerprint density at radius 1 is 1.19 bits per heavy atom. The highest BCUT2D eigenvalue weighted by molar-refractivity contribution is 6.27. The van der Waals surface area contributed by atoms with E-state index in [1.165, 1.54) is 18.2 Å². The third-order valence-corrected chi connectivity index (χ3v) is 6.61. The fourth-order valence-electron chi connectivity index (χ4n) is 4.96. The van der Waals surface area contributed by atoms with Crippen molar-refractivity contribution in [1.29, 1.82) is 0 Å². The molecule has 2 aromatic carbocycles. The molecular formula is C24H24ClF3N2O. The van der Waals surface area contributed by atoms with E-state index >= 15 is 0 Å². The van der Waals surface area contributed by atoms with Crippen LogP contribution in [0.2, 0.25) is 0 Å². The minimum Gasteiger partial charge on any atom is -0.354 e. The lowest BCUT2D eigenvalue weighted by Gasteiger charge is -2.50. The average molecular weight is 449 g/mol. The number of nitrogens with zero attached hydrogens (tertiary/aromatic N) is 1. The number of rotatable bonds is 5. The summed E-state index contributed by atoms with van der Waals surface area (Å²) in [5, 5.41) is 0.473. The van der Waals surface area contributed by atoms with Crippen LogP contribution in [0.3, 0.4) is 0 Å². The van der Waals surface area contributed by atoms with Crippen LogP contribution in [-0.2, 0) is 16.8 Å². The SMILES string of the molecule is CCCCC1Cc2c([nH]c3c(F)cc(F)cc23)C(C)(c2ccc(F)cc2)N1C(=O)CCl. The number of unbranched alkanes of at least 4 members (excludes halogenated alkanes) is 1. The number of carbonyl (C=O) groups is 1. The van der Waals surface area contributed by atoms with Gasteiger partial charge in [0, 0.05) is 23.2 Å². The van der Waals surface area contributed by atoms with Gasteiger partial charge >= 0.3 is 0 Å². The molecule has 164 valence electrons. The molecule has 1 N–H and O–H groups in total. The molecule has 0 saturated heterocycles. The van der Waals surface area contributed by atoms with Gasteiger partial charge < -0.3 is 9.88 Å². The van der Waals surface area contributed by atoms with E-state index in [1.807, 2.05) is 6.92 Å². The van der Waals surface area contributed by atoms with Crippen LogP contribution in [-0.4, -0.2) is 27.7 Å². The molecule has 0 fully saturated rings. The van der Waals surface area contributed by atoms with Crippen LogP contribution in [0.15, 0.2) is 36.4 Å². The monoisotopic (exact) mass is 448 g/mol. The van der Waals surface area contributed by atoms with Gasteiger partial charge in [-0.1, -0.05) is 31.9 Å². The highest BCUT2D eigenvalue weighted by Gasteiger charge is 2.48. The van der Waals surface area contributed by atoms with Crippen LogP contribution >= 0.6 is 11.6 Å². The quantitative estimate of drug-likeness (QED) is 0.475. The minimum atomic E-state index is -1.05. The molecule has 3 aromatic rings. The molecule has 1 aliphatic rings. The van der Waals surface area contributed by atoms with Gasteiger partial charge in [0.1, 0.15) is 28.9 Å². The lowest BCUT2D eigenvalue weighted by molar-refractivity contribution is -0.137. The predicted molar refractivity (Wildman–Crippen MR) is 116 cm³/mol. The lowest BCUT2D eigenvalue weighted by Crippen LogP contribution is -2.58. The number of nitrogens with one attached hydrogen (secondary N) is 1. The first-order valence-electron chi connectivity index (χ1n) is 10.5. The number of alkyl halides is 1. The van der Waals surface area contributed by atoms with E-state index in [2.05, 4.69) is 11.9 Å². The van der Waals surface area contributed by atoms with Crippen molar-refractivity contribution in [3.8, 4) is 0 Å². The van der Waals surface area contributed by atoms with E-state index in [1.54, 1.807) is 17.0 Å². The fourth-order valence-corrected chi connectivity index (χ4v) is 5.09. The topological polar surface area (TPSA) is 36.1 Å². The molecule has 0 aliphatic carbocycles. The van der Waals surface area contributed by atoms with Crippen LogP contribution in [0, 0.1) is 17.5 Å². The maximum Gasteiger partial charge on any atom is 0.238 e. The maximum absolute atomic E-state index is 14.6. The van der Waals surface area contributed by atoms with Crippen molar-refractivity contribution >= 4 is 28.4 Å². The molecule has 1 aromatic heterocycles. The Labute approximate surface area is 184 Å². The van der Waals surface area contributed by atoms with Gasteiger partial charge in [-0.3, -0.25) is 4.79 Å². The number of carbonyl (C=O) groups excluding carboxylic acids is 1. The number of benzene rings is 2. The Hall–Kier alpha value is -2.47. The van der Waals surface area contributed by atoms with Gasteiger partial charge in [0.25, 0.3) is 0 Å². The zero-order valence-electron chi connectivity index (χ0n) is 17.4. The average Bonchev–Trinajstić information content (AvgIpc) is 3.11. The first kappa shape index (κ1) is 21.8. The third kappa shape index (κ3) is 3.51. The Kier molecular flexibility index (Phi) is 5.77. The molecule has 2 atom stereocenters. The summed E-state index contributed by atoms with van der Waals surface area (Å²) in [5.41, 5.74) is 1.20. The molecule has 0 bridgehead atoms. The first-order valence-corrected chi connectivity index (χ1v) is 11.0. The summed E-state index contributed by atoms with van der Waals surface area (Å²) in [6.07, 6.45) is 3.00. The van der Waals surface area contributed by atoms with Gasteiger partial charge in [-0.15, -0.1) is 11.6 Å². The van der Waals surface area contributed by atoms with Gasteiger partial charge in [-0.25, -0.2) is 13.2 Å². The number of fused-ring (bicyclic) bond motifs is 3. The van der Waals surface area contributed by atoms with E-state index in [4.69, 9.17) is 11.6 Å². The van der Waals surface area contributed by atoms with Crippen LogP contribution in [0.5, 0.6) is 0 Å². The van der Waals surface area contributed by atoms with Crippen molar-refractivity contribution in [3.05, 3.63) is 70.7 Å². The Bertz CT molecular complexity index is 1130. The second-order valence-electron chi connectivity index (χ2n) is 8.27. The van der Waals surface area contributed by atoms with Crippen molar-refractivity contribution in [1.82, 2.24) is 9.88 Å². The first-order chi connectivity index (χ1) is 14.8. The van der Waals surface area contributed by atoms with Gasteiger partial charge in [0.05, 0.1) is 5.52 Å². The normalized spacial score (nSPS) is 20.8. The molecule has 4 rings (SSSR count). The molecule has 1 amide bonds. The number of hydrogen-bond donors (Lipinski definition) is 1. The molecule has 2 heterocycles. The number of H-pyrrole nitrogens is 1. The van der Waals surface area contributed by atoms with Crippen molar-refractivity contribution in [2.24, 2.45) is 0 Å². The van der Waals surface area contributed by atoms with E-state index in [0.717, 1.165) is 30.9 Å². The lowest BCUT2D eigenvalue weighted by atomic mass is 9.77. The molecule has 0 radical (unpaired) electrons. The zero-order valence-corrected chi connectivity index (χ0v) is 18.2. The third-order valence-electron chi connectivity index (χ3n) is 6.39. The minimum absolute atomic E-state index is 0.203. The highest BCUT2D eigenvalue weighted by atomic mass is 35.5. The van der Waals surface area contributed by atoms with Crippen LogP contribution < -0.4 is 0 Å². The van der Waals surface area contributed by atoms with Crippen molar-refractivity contribution in [3.63, 3.8) is 0 Å². The van der Waals surface area contributed by atoms with E-state index in [-0.39, 0.29) is 23.3 Å². The van der Waals surface area contributed by atoms with Gasteiger partial charge in [0.2, 0.25) is 5.91 Å². The van der Waals surface area contributed by atoms with Crippen LogP contribution in [0.4, 0.5) is 13.2 Å². The van der Waals surface area contributed by atoms with E-state index < -0.39 is 23.0 Å². The number of halogens is 4. The van der Waals surface area contributed by atoms with E-state index in [9.17, 15) is 18.0 Å². The van der Waals surface area contributed by atoms with Gasteiger partial charge in [0.15, 0.2) is 0 Å². The number of amides is 1. The predicted octanol–water partition coefficient (Wildman–Crippen LogP) is 6.03. The molecular weight excluding hydrogens is 425 g/mol. The molecule has 1 aliphatic heterocycles. The van der Waals surface area contributed by atoms with Crippen LogP contribution in [0.1, 0.15) is 49.9 Å². The smallest absolute Gasteiger partial charge is 0.238 e. The maximum atomic E-state index is 14.6. The Balaban J connectivity index is 2.03. The Morgan fingerprint density at radius 2 is 1.90 bits per heavy atom. The van der Waals surface area contributed by atoms with Crippen molar-refractivity contribution in [2.75, 3.05) is 5.88 Å². The highest BCUT2D eigenvalue weighted by Crippen LogP contribution is 2.46. The number of aromatic amines is 1. The Morgan fingerprint density at radius 3 is 2.55 bits per heavy atom. The summed E-state index contributed by atoms with van der Waals surface area (Å²) in [7, 11) is 0. The summed E-state index contributed by atoms with van der Waals surface area (Å²) in [6, 6.07) is 7.88. The molecule has 31 heavy (non-hydrogen) atoms. The fraction of sp³-hybridized carbons (Fsp3) is 0.375. The number of hydrogen-bond acceptors (Lipinski definition) is 1. The molecule has 2 unspecified atom stereocenters. The summed E-state index contributed by atoms with van der Waals surface area (Å²) in [6.45, 7) is 3.92. The molecule has 3 nitrogen and oxygen atoms in total. The van der Waals surface area contributed by atoms with E-state index in [0.29, 0.717) is 23.1 Å². The van der Waals surface area contributed by atoms with Crippen molar-refractivity contribution in [2.45, 2.75) is 51.1 Å². The second kappa shape index (κ2) is 8.23. The second-order valence-corrected chi connectivity index (χ2v) is 8.53. The number of aromatic nitrogens is 1. The molecule has 0 spiro atoms. The largest absolute Gasteiger partial charge is 0.354 e. The van der Waals surface area contributed by atoms with Crippen LogP contribution in [0.25, 0.3) is 10.9 Å². The molecule has 0 saturated carbocycles. The zero-order chi connectivity index (χ0) is 22.3. The van der Waals surface area contributed by atoms with Crippen molar-refractivity contribution < 1.29 is 18.0 Å². The summed E-state index contributed by atoms with van der Waals surface area (Å²) in [5.74, 6) is -2.21. The van der Waals surface area contributed by atoms with Gasteiger partial charge in [-0.05, 0) is 49.1 Å².